The van der Waals surface area contributed by atoms with Crippen molar-refractivity contribution in [1.29, 1.82) is 0 Å². The molecule has 0 spiro atoms. The lowest BCUT2D eigenvalue weighted by Gasteiger charge is -2.20. The largest absolute Gasteiger partial charge is 0.416 e. The first-order chi connectivity index (χ1) is 9.47. The Morgan fingerprint density at radius 3 is 2.45 bits per heavy atom. The summed E-state index contributed by atoms with van der Waals surface area (Å²) >= 11 is 0. The molecule has 106 valence electrons. The van der Waals surface area contributed by atoms with E-state index in [1.807, 2.05) is 17.0 Å². The van der Waals surface area contributed by atoms with E-state index >= 15 is 0 Å². The Bertz CT molecular complexity index is 553. The number of halogens is 3. The molecule has 0 aliphatic heterocycles. The van der Waals surface area contributed by atoms with Gasteiger partial charge >= 0.3 is 6.18 Å². The van der Waals surface area contributed by atoms with Crippen LogP contribution in [0.15, 0.2) is 48.8 Å². The third-order valence-electron chi connectivity index (χ3n) is 3.10. The molecule has 2 nitrogen and oxygen atoms in total. The van der Waals surface area contributed by atoms with Crippen LogP contribution in [0.5, 0.6) is 0 Å². The SMILES string of the molecule is CN(CCc1ccncc1)c1cccc(C(F)(F)F)c1. The first-order valence-corrected chi connectivity index (χ1v) is 6.24. The van der Waals surface area contributed by atoms with E-state index in [0.717, 1.165) is 18.1 Å². The minimum atomic E-state index is -4.30. The fourth-order valence-corrected chi connectivity index (χ4v) is 1.90. The normalized spacial score (nSPS) is 11.4. The molecule has 1 aromatic heterocycles. The van der Waals surface area contributed by atoms with Crippen molar-refractivity contribution in [1.82, 2.24) is 4.98 Å². The number of nitrogens with zero attached hydrogens (tertiary/aromatic N) is 2. The summed E-state index contributed by atoms with van der Waals surface area (Å²) in [5.41, 5.74) is 1.05. The van der Waals surface area contributed by atoms with Crippen LogP contribution in [0.3, 0.4) is 0 Å². The van der Waals surface area contributed by atoms with Crippen LogP contribution in [0.25, 0.3) is 0 Å². The molecule has 0 fully saturated rings. The average molecular weight is 280 g/mol. The Labute approximate surface area is 115 Å². The maximum Gasteiger partial charge on any atom is 0.416 e. The molecule has 1 aromatic carbocycles. The van der Waals surface area contributed by atoms with Crippen molar-refractivity contribution in [3.8, 4) is 0 Å². The van der Waals surface area contributed by atoms with Crippen LogP contribution < -0.4 is 4.90 Å². The summed E-state index contributed by atoms with van der Waals surface area (Å²) in [5.74, 6) is 0. The summed E-state index contributed by atoms with van der Waals surface area (Å²) in [5, 5.41) is 0. The standard InChI is InChI=1S/C15H15F3N2/c1-20(10-7-12-5-8-19-9-6-12)14-4-2-3-13(11-14)15(16,17)18/h2-6,8-9,11H,7,10H2,1H3. The van der Waals surface area contributed by atoms with Gasteiger partial charge in [0.25, 0.3) is 0 Å². The van der Waals surface area contributed by atoms with Crippen LogP contribution in [0.1, 0.15) is 11.1 Å². The summed E-state index contributed by atoms with van der Waals surface area (Å²) in [7, 11) is 1.79. The van der Waals surface area contributed by atoms with Gasteiger partial charge in [-0.2, -0.15) is 13.2 Å². The molecule has 0 bridgehead atoms. The Morgan fingerprint density at radius 2 is 1.80 bits per heavy atom. The number of alkyl halides is 3. The van der Waals surface area contributed by atoms with Crippen molar-refractivity contribution >= 4 is 5.69 Å². The molecule has 0 unspecified atom stereocenters. The summed E-state index contributed by atoms with van der Waals surface area (Å²) in [6.45, 7) is 0.644. The van der Waals surface area contributed by atoms with E-state index in [9.17, 15) is 13.2 Å². The summed E-state index contributed by atoms with van der Waals surface area (Å²) in [4.78, 5) is 5.75. The lowest BCUT2D eigenvalue weighted by molar-refractivity contribution is -0.137. The lowest BCUT2D eigenvalue weighted by Crippen LogP contribution is -2.20. The number of likely N-dealkylation sites (N-methyl/N-ethyl adjacent to an activating group) is 1. The molecule has 0 radical (unpaired) electrons. The van der Waals surface area contributed by atoms with Gasteiger partial charge in [-0.05, 0) is 42.3 Å². The number of pyridine rings is 1. The monoisotopic (exact) mass is 280 g/mol. The van der Waals surface area contributed by atoms with E-state index in [-0.39, 0.29) is 0 Å². The fraction of sp³-hybridized carbons (Fsp3) is 0.267. The zero-order valence-corrected chi connectivity index (χ0v) is 11.1. The van der Waals surface area contributed by atoms with Gasteiger partial charge in [-0.1, -0.05) is 6.07 Å². The molecule has 0 N–H and O–H groups in total. The zero-order chi connectivity index (χ0) is 14.6. The average Bonchev–Trinajstić information content (AvgIpc) is 2.45. The molecular formula is C15H15F3N2. The molecular weight excluding hydrogens is 265 g/mol. The third kappa shape index (κ3) is 3.73. The van der Waals surface area contributed by atoms with Crippen molar-refractivity contribution in [3.63, 3.8) is 0 Å². The van der Waals surface area contributed by atoms with E-state index in [4.69, 9.17) is 0 Å². The highest BCUT2D eigenvalue weighted by Gasteiger charge is 2.30. The zero-order valence-electron chi connectivity index (χ0n) is 11.1. The number of hydrogen-bond acceptors (Lipinski definition) is 2. The third-order valence-corrected chi connectivity index (χ3v) is 3.10. The van der Waals surface area contributed by atoms with Crippen molar-refractivity contribution in [2.45, 2.75) is 12.6 Å². The second kappa shape index (κ2) is 5.94. The molecule has 0 atom stereocenters. The van der Waals surface area contributed by atoms with Gasteiger partial charge in [0.1, 0.15) is 0 Å². The molecule has 0 saturated carbocycles. The number of benzene rings is 1. The molecule has 0 saturated heterocycles. The minimum Gasteiger partial charge on any atom is -0.374 e. The maximum atomic E-state index is 12.7. The van der Waals surface area contributed by atoms with Gasteiger partial charge in [0.2, 0.25) is 0 Å². The minimum absolute atomic E-state index is 0.564. The van der Waals surface area contributed by atoms with Gasteiger partial charge in [0.05, 0.1) is 5.56 Å². The van der Waals surface area contributed by atoms with Crippen molar-refractivity contribution < 1.29 is 13.2 Å². The molecule has 2 rings (SSSR count). The smallest absolute Gasteiger partial charge is 0.374 e. The second-order valence-corrected chi connectivity index (χ2v) is 4.58. The Hall–Kier alpha value is -2.04. The highest BCUT2D eigenvalue weighted by molar-refractivity contribution is 5.48. The van der Waals surface area contributed by atoms with Crippen molar-refractivity contribution in [2.24, 2.45) is 0 Å². The predicted octanol–water partition coefficient (Wildman–Crippen LogP) is 3.78. The second-order valence-electron chi connectivity index (χ2n) is 4.58. The number of rotatable bonds is 4. The molecule has 0 aliphatic rings. The molecule has 5 heteroatoms. The Kier molecular flexibility index (Phi) is 4.27. The van der Waals surface area contributed by atoms with Gasteiger partial charge in [0, 0.05) is 31.7 Å². The first-order valence-electron chi connectivity index (χ1n) is 6.24. The van der Waals surface area contributed by atoms with Gasteiger partial charge < -0.3 is 4.90 Å². The first kappa shape index (κ1) is 14.4. The predicted molar refractivity (Wildman–Crippen MR) is 72.7 cm³/mol. The molecule has 0 amide bonds. The quantitative estimate of drug-likeness (QED) is 0.847. The summed E-state index contributed by atoms with van der Waals surface area (Å²) in [6.07, 6.45) is -0.129. The van der Waals surface area contributed by atoms with Gasteiger partial charge in [-0.15, -0.1) is 0 Å². The van der Waals surface area contributed by atoms with Crippen molar-refractivity contribution in [3.05, 3.63) is 59.9 Å². The van der Waals surface area contributed by atoms with Gasteiger partial charge in [-0.3, -0.25) is 4.98 Å². The lowest BCUT2D eigenvalue weighted by atomic mass is 10.1. The molecule has 0 aliphatic carbocycles. The van der Waals surface area contributed by atoms with Crippen LogP contribution in [0.4, 0.5) is 18.9 Å². The molecule has 20 heavy (non-hydrogen) atoms. The van der Waals surface area contributed by atoms with E-state index < -0.39 is 11.7 Å². The fourth-order valence-electron chi connectivity index (χ4n) is 1.90. The van der Waals surface area contributed by atoms with Crippen LogP contribution in [0, 0.1) is 0 Å². The highest BCUT2D eigenvalue weighted by Crippen LogP contribution is 2.31. The van der Waals surface area contributed by atoms with E-state index in [2.05, 4.69) is 4.98 Å². The number of anilines is 1. The Morgan fingerprint density at radius 1 is 1.10 bits per heavy atom. The topological polar surface area (TPSA) is 16.1 Å². The number of aromatic nitrogens is 1. The van der Waals surface area contributed by atoms with Crippen LogP contribution in [0.2, 0.25) is 0 Å². The van der Waals surface area contributed by atoms with Crippen LogP contribution in [-0.4, -0.2) is 18.6 Å². The Balaban J connectivity index is 2.04. The van der Waals surface area contributed by atoms with Crippen molar-refractivity contribution in [2.75, 3.05) is 18.5 Å². The number of hydrogen-bond donors (Lipinski definition) is 0. The van der Waals surface area contributed by atoms with Gasteiger partial charge in [-0.25, -0.2) is 0 Å². The van der Waals surface area contributed by atoms with E-state index in [0.29, 0.717) is 12.2 Å². The van der Waals surface area contributed by atoms with E-state index in [1.54, 1.807) is 25.5 Å². The maximum absolute atomic E-state index is 12.7. The highest BCUT2D eigenvalue weighted by atomic mass is 19.4. The van der Waals surface area contributed by atoms with E-state index in [1.165, 1.54) is 12.1 Å². The van der Waals surface area contributed by atoms with Crippen LogP contribution >= 0.6 is 0 Å². The summed E-state index contributed by atoms with van der Waals surface area (Å²) < 4.78 is 38.0. The van der Waals surface area contributed by atoms with Gasteiger partial charge in [0.15, 0.2) is 0 Å². The van der Waals surface area contributed by atoms with Crippen LogP contribution in [-0.2, 0) is 12.6 Å². The summed E-state index contributed by atoms with van der Waals surface area (Å²) in [6, 6.07) is 9.18. The molecule has 1 heterocycles. The molecule has 2 aromatic rings.